The van der Waals surface area contributed by atoms with Gasteiger partial charge in [-0.3, -0.25) is 4.79 Å². The summed E-state index contributed by atoms with van der Waals surface area (Å²) in [6.07, 6.45) is 0. The summed E-state index contributed by atoms with van der Waals surface area (Å²) in [7, 11) is 0. The molecule has 4 rings (SSSR count). The highest BCUT2D eigenvalue weighted by Gasteiger charge is 2.11. The Balaban J connectivity index is 1.31. The predicted octanol–water partition coefficient (Wildman–Crippen LogP) is 5.56. The largest absolute Gasteiger partial charge is 0.349 e. The van der Waals surface area contributed by atoms with Crippen LogP contribution in [0.2, 0.25) is 0 Å². The summed E-state index contributed by atoms with van der Waals surface area (Å²) in [5.74, 6) is 1.26. The quantitative estimate of drug-likeness (QED) is 0.467. The standard InChI is InChI=1S/C22H20N2OS2/c1-15(17-11-10-16-6-2-3-7-18(16)12-17)23-21(25)13-26-14-22-24-19-8-4-5-9-20(19)27-22/h2-12,15H,13-14H2,1H3,(H,23,25)/t15-/m1/s1. The lowest BCUT2D eigenvalue weighted by molar-refractivity contribution is -0.119. The Morgan fingerprint density at radius 1 is 1.07 bits per heavy atom. The Labute approximate surface area is 166 Å². The number of nitrogens with zero attached hydrogens (tertiary/aromatic N) is 1. The van der Waals surface area contributed by atoms with E-state index in [0.717, 1.165) is 21.8 Å². The molecule has 0 saturated heterocycles. The molecule has 1 amide bonds. The number of aromatic nitrogens is 1. The molecule has 3 nitrogen and oxygen atoms in total. The van der Waals surface area contributed by atoms with Gasteiger partial charge >= 0.3 is 0 Å². The molecule has 4 aromatic rings. The molecule has 0 bridgehead atoms. The van der Waals surface area contributed by atoms with E-state index in [9.17, 15) is 4.79 Å². The van der Waals surface area contributed by atoms with Crippen molar-refractivity contribution in [2.45, 2.75) is 18.7 Å². The van der Waals surface area contributed by atoms with E-state index >= 15 is 0 Å². The number of hydrogen-bond acceptors (Lipinski definition) is 4. The van der Waals surface area contributed by atoms with Crippen molar-refractivity contribution in [3.8, 4) is 0 Å². The van der Waals surface area contributed by atoms with Gasteiger partial charge in [-0.1, -0.05) is 48.5 Å². The lowest BCUT2D eigenvalue weighted by Crippen LogP contribution is -2.28. The molecule has 5 heteroatoms. The minimum atomic E-state index is -0.00911. The first-order valence-corrected chi connectivity index (χ1v) is 10.9. The Bertz CT molecular complexity index is 1060. The highest BCUT2D eigenvalue weighted by molar-refractivity contribution is 7.99. The van der Waals surface area contributed by atoms with Gasteiger partial charge in [0.2, 0.25) is 5.91 Å². The minimum Gasteiger partial charge on any atom is -0.349 e. The monoisotopic (exact) mass is 392 g/mol. The molecule has 0 aliphatic rings. The van der Waals surface area contributed by atoms with Gasteiger partial charge in [-0.15, -0.1) is 23.1 Å². The summed E-state index contributed by atoms with van der Waals surface area (Å²) >= 11 is 3.30. The Hall–Kier alpha value is -2.37. The Morgan fingerprint density at radius 2 is 1.85 bits per heavy atom. The van der Waals surface area contributed by atoms with Gasteiger partial charge in [0.1, 0.15) is 5.01 Å². The van der Waals surface area contributed by atoms with Crippen LogP contribution in [0, 0.1) is 0 Å². The van der Waals surface area contributed by atoms with E-state index < -0.39 is 0 Å². The number of rotatable bonds is 6. The van der Waals surface area contributed by atoms with Gasteiger partial charge in [0.25, 0.3) is 0 Å². The van der Waals surface area contributed by atoms with Crippen molar-refractivity contribution in [3.05, 3.63) is 77.3 Å². The summed E-state index contributed by atoms with van der Waals surface area (Å²) in [5.41, 5.74) is 2.16. The normalized spacial score (nSPS) is 12.3. The molecular formula is C22H20N2OS2. The molecule has 0 saturated carbocycles. The van der Waals surface area contributed by atoms with Crippen molar-refractivity contribution in [2.75, 3.05) is 5.75 Å². The zero-order chi connectivity index (χ0) is 18.6. The van der Waals surface area contributed by atoms with Crippen LogP contribution in [0.3, 0.4) is 0 Å². The van der Waals surface area contributed by atoms with E-state index in [1.165, 1.54) is 15.5 Å². The first kappa shape index (κ1) is 18.0. The topological polar surface area (TPSA) is 42.0 Å². The SMILES string of the molecule is C[C@@H](NC(=O)CSCc1nc2ccccc2s1)c1ccc2ccccc2c1. The van der Waals surface area contributed by atoms with Crippen LogP contribution in [0.15, 0.2) is 66.7 Å². The van der Waals surface area contributed by atoms with Crippen LogP contribution in [0.5, 0.6) is 0 Å². The number of para-hydroxylation sites is 1. The molecule has 1 heterocycles. The molecule has 3 aromatic carbocycles. The lowest BCUT2D eigenvalue weighted by Gasteiger charge is -2.15. The molecular weight excluding hydrogens is 372 g/mol. The second-order valence-corrected chi connectivity index (χ2v) is 8.56. The predicted molar refractivity (Wildman–Crippen MR) is 116 cm³/mol. The van der Waals surface area contributed by atoms with Crippen molar-refractivity contribution in [1.29, 1.82) is 0 Å². The number of carbonyl (C=O) groups is 1. The number of nitrogens with one attached hydrogen (secondary N) is 1. The molecule has 0 aliphatic carbocycles. The van der Waals surface area contributed by atoms with Crippen molar-refractivity contribution < 1.29 is 4.79 Å². The molecule has 0 aliphatic heterocycles. The molecule has 1 N–H and O–H groups in total. The number of hydrogen-bond donors (Lipinski definition) is 1. The number of benzene rings is 3. The van der Waals surface area contributed by atoms with Gasteiger partial charge in [0.15, 0.2) is 0 Å². The highest BCUT2D eigenvalue weighted by Crippen LogP contribution is 2.25. The molecule has 0 fully saturated rings. The molecule has 1 aromatic heterocycles. The van der Waals surface area contributed by atoms with E-state index in [2.05, 4.69) is 46.7 Å². The van der Waals surface area contributed by atoms with Gasteiger partial charge in [0, 0.05) is 5.75 Å². The van der Waals surface area contributed by atoms with Crippen molar-refractivity contribution in [1.82, 2.24) is 10.3 Å². The summed E-state index contributed by atoms with van der Waals surface area (Å²) in [6, 6.07) is 22.7. The molecule has 0 spiro atoms. The average Bonchev–Trinajstić information content (AvgIpc) is 3.10. The van der Waals surface area contributed by atoms with Gasteiger partial charge in [0.05, 0.1) is 22.0 Å². The van der Waals surface area contributed by atoms with Crippen LogP contribution in [-0.4, -0.2) is 16.6 Å². The zero-order valence-corrected chi connectivity index (χ0v) is 16.6. The summed E-state index contributed by atoms with van der Waals surface area (Å²) in [5, 5.41) is 6.57. The lowest BCUT2D eigenvalue weighted by atomic mass is 10.0. The third-order valence-electron chi connectivity index (χ3n) is 4.45. The number of thiazole rings is 1. The van der Waals surface area contributed by atoms with Gasteiger partial charge in [-0.2, -0.15) is 0 Å². The minimum absolute atomic E-state index is 0.00911. The summed E-state index contributed by atoms with van der Waals surface area (Å²) in [6.45, 7) is 2.03. The molecule has 27 heavy (non-hydrogen) atoms. The molecule has 136 valence electrons. The maximum atomic E-state index is 12.3. The zero-order valence-electron chi connectivity index (χ0n) is 15.0. The number of fused-ring (bicyclic) bond motifs is 2. The second-order valence-electron chi connectivity index (χ2n) is 6.46. The van der Waals surface area contributed by atoms with E-state index in [-0.39, 0.29) is 11.9 Å². The Kier molecular flexibility index (Phi) is 5.41. The van der Waals surface area contributed by atoms with E-state index in [4.69, 9.17) is 0 Å². The fraction of sp³-hybridized carbons (Fsp3) is 0.182. The van der Waals surface area contributed by atoms with Crippen LogP contribution in [0.1, 0.15) is 23.5 Å². The van der Waals surface area contributed by atoms with Gasteiger partial charge in [-0.25, -0.2) is 4.98 Å². The van der Waals surface area contributed by atoms with E-state index in [1.807, 2.05) is 37.3 Å². The van der Waals surface area contributed by atoms with Crippen LogP contribution < -0.4 is 5.32 Å². The smallest absolute Gasteiger partial charge is 0.230 e. The third kappa shape index (κ3) is 4.31. The number of thioether (sulfide) groups is 1. The average molecular weight is 393 g/mol. The van der Waals surface area contributed by atoms with Gasteiger partial charge in [-0.05, 0) is 41.5 Å². The van der Waals surface area contributed by atoms with Crippen molar-refractivity contribution >= 4 is 50.0 Å². The molecule has 0 radical (unpaired) electrons. The highest BCUT2D eigenvalue weighted by atomic mass is 32.2. The Morgan fingerprint density at radius 3 is 2.70 bits per heavy atom. The third-order valence-corrected chi connectivity index (χ3v) is 6.61. The van der Waals surface area contributed by atoms with E-state index in [1.54, 1.807) is 23.1 Å². The van der Waals surface area contributed by atoms with Gasteiger partial charge < -0.3 is 5.32 Å². The maximum absolute atomic E-state index is 12.3. The fourth-order valence-electron chi connectivity index (χ4n) is 3.06. The van der Waals surface area contributed by atoms with Crippen molar-refractivity contribution in [3.63, 3.8) is 0 Å². The maximum Gasteiger partial charge on any atom is 0.230 e. The van der Waals surface area contributed by atoms with E-state index in [0.29, 0.717) is 5.75 Å². The van der Waals surface area contributed by atoms with Crippen LogP contribution in [-0.2, 0) is 10.5 Å². The molecule has 1 atom stereocenters. The number of carbonyl (C=O) groups excluding carboxylic acids is 1. The van der Waals surface area contributed by atoms with Crippen LogP contribution in [0.4, 0.5) is 0 Å². The fourth-order valence-corrected chi connectivity index (χ4v) is 4.91. The second kappa shape index (κ2) is 8.11. The summed E-state index contributed by atoms with van der Waals surface area (Å²) in [4.78, 5) is 16.9. The van der Waals surface area contributed by atoms with Crippen LogP contribution in [0.25, 0.3) is 21.0 Å². The number of amides is 1. The van der Waals surface area contributed by atoms with Crippen LogP contribution >= 0.6 is 23.1 Å². The molecule has 0 unspecified atom stereocenters. The first-order chi connectivity index (χ1) is 13.2. The van der Waals surface area contributed by atoms with Crippen molar-refractivity contribution in [2.24, 2.45) is 0 Å². The first-order valence-electron chi connectivity index (χ1n) is 8.89. The summed E-state index contributed by atoms with van der Waals surface area (Å²) < 4.78 is 1.20.